The highest BCUT2D eigenvalue weighted by Crippen LogP contribution is 2.34. The van der Waals surface area contributed by atoms with Crippen LogP contribution in [0.5, 0.6) is 0 Å². The lowest BCUT2D eigenvalue weighted by Gasteiger charge is -2.18. The van der Waals surface area contributed by atoms with Crippen LogP contribution in [0.3, 0.4) is 0 Å². The minimum atomic E-state index is -1.59. The number of fused-ring (bicyclic) bond motifs is 1. The van der Waals surface area contributed by atoms with E-state index in [1.165, 1.54) is 12.3 Å². The molecule has 0 unspecified atom stereocenters. The number of aromatic nitrogens is 1. The zero-order chi connectivity index (χ0) is 27.6. The molecule has 8 nitrogen and oxygen atoms in total. The van der Waals surface area contributed by atoms with Crippen LogP contribution in [0.15, 0.2) is 60.8 Å². The highest BCUT2D eigenvalue weighted by atomic mass is 35.5. The van der Waals surface area contributed by atoms with Gasteiger partial charge in [-0.1, -0.05) is 35.9 Å². The standard InChI is InChI=1S/C27H16ClF2N3O5/c28-19-8-13(12-31)3-5-17(19)18-6-4-14(16-2-1-7-32-24(16)18)11-22(27(37)38)33-25(34)23-20(29)9-15(26(35)36)10-21(23)30/h1-10,22H,11H2,(H,33,34)(H,35,36)(H,37,38)/t22-/m0/s1. The lowest BCUT2D eigenvalue weighted by Crippen LogP contribution is -2.43. The van der Waals surface area contributed by atoms with Gasteiger partial charge in [-0.2, -0.15) is 5.26 Å². The molecule has 38 heavy (non-hydrogen) atoms. The normalized spacial score (nSPS) is 11.5. The van der Waals surface area contributed by atoms with Gasteiger partial charge in [-0.05, 0) is 35.9 Å². The summed E-state index contributed by atoms with van der Waals surface area (Å²) in [6.07, 6.45) is 1.27. The van der Waals surface area contributed by atoms with E-state index >= 15 is 0 Å². The van der Waals surface area contributed by atoms with Gasteiger partial charge in [0.25, 0.3) is 5.91 Å². The van der Waals surface area contributed by atoms with E-state index in [2.05, 4.69) is 10.3 Å². The van der Waals surface area contributed by atoms with E-state index in [1.807, 2.05) is 6.07 Å². The van der Waals surface area contributed by atoms with Crippen LogP contribution >= 0.6 is 11.6 Å². The second-order valence-corrected chi connectivity index (χ2v) is 8.57. The van der Waals surface area contributed by atoms with E-state index < -0.39 is 46.6 Å². The number of aliphatic carboxylic acids is 1. The monoisotopic (exact) mass is 535 g/mol. The van der Waals surface area contributed by atoms with Crippen molar-refractivity contribution < 1.29 is 33.4 Å². The molecule has 1 aromatic heterocycles. The summed E-state index contributed by atoms with van der Waals surface area (Å²) in [7, 11) is 0. The number of hydrogen-bond donors (Lipinski definition) is 3. The van der Waals surface area contributed by atoms with Gasteiger partial charge in [-0.25, -0.2) is 18.4 Å². The zero-order valence-electron chi connectivity index (χ0n) is 19.2. The largest absolute Gasteiger partial charge is 0.480 e. The third-order valence-electron chi connectivity index (χ3n) is 5.79. The molecular formula is C27H16ClF2N3O5. The molecule has 0 aliphatic carbocycles. The number of carboxylic acids is 2. The number of amides is 1. The topological polar surface area (TPSA) is 140 Å². The number of carbonyl (C=O) groups is 3. The molecule has 190 valence electrons. The Labute approximate surface area is 218 Å². The molecule has 0 saturated carbocycles. The van der Waals surface area contributed by atoms with Crippen LogP contribution in [0.25, 0.3) is 22.0 Å². The highest BCUT2D eigenvalue weighted by molar-refractivity contribution is 6.33. The van der Waals surface area contributed by atoms with E-state index in [4.69, 9.17) is 22.0 Å². The molecule has 3 N–H and O–H groups in total. The van der Waals surface area contributed by atoms with Gasteiger partial charge in [0.2, 0.25) is 0 Å². The fourth-order valence-electron chi connectivity index (χ4n) is 3.99. The smallest absolute Gasteiger partial charge is 0.335 e. The van der Waals surface area contributed by atoms with Crippen LogP contribution in [0.4, 0.5) is 8.78 Å². The van der Waals surface area contributed by atoms with Crippen LogP contribution in [0, 0.1) is 23.0 Å². The molecule has 4 rings (SSSR count). The molecule has 0 saturated heterocycles. The van der Waals surface area contributed by atoms with E-state index in [1.54, 1.807) is 36.4 Å². The first-order chi connectivity index (χ1) is 18.1. The predicted molar refractivity (Wildman–Crippen MR) is 133 cm³/mol. The highest BCUT2D eigenvalue weighted by Gasteiger charge is 2.27. The number of benzene rings is 3. The summed E-state index contributed by atoms with van der Waals surface area (Å²) in [5.41, 5.74) is 0.742. The maximum atomic E-state index is 14.3. The van der Waals surface area contributed by atoms with E-state index in [-0.39, 0.29) is 6.42 Å². The molecule has 1 heterocycles. The van der Waals surface area contributed by atoms with Crippen molar-refractivity contribution >= 4 is 40.3 Å². The first kappa shape index (κ1) is 26.2. The van der Waals surface area contributed by atoms with Crippen LogP contribution in [0.1, 0.15) is 31.8 Å². The van der Waals surface area contributed by atoms with Crippen molar-refractivity contribution in [1.29, 1.82) is 5.26 Å². The number of pyridine rings is 1. The first-order valence-electron chi connectivity index (χ1n) is 10.9. The van der Waals surface area contributed by atoms with Crippen molar-refractivity contribution in [2.75, 3.05) is 0 Å². The Morgan fingerprint density at radius 3 is 2.32 bits per heavy atom. The first-order valence-corrected chi connectivity index (χ1v) is 11.3. The summed E-state index contributed by atoms with van der Waals surface area (Å²) in [6.45, 7) is 0. The molecule has 0 fully saturated rings. The number of hydrogen-bond acceptors (Lipinski definition) is 5. The SMILES string of the molecule is N#Cc1ccc(-c2ccc(C[C@H](NC(=O)c3c(F)cc(C(=O)O)cc3F)C(=O)O)c3cccnc23)c(Cl)c1. The Morgan fingerprint density at radius 2 is 1.71 bits per heavy atom. The predicted octanol–water partition coefficient (Wildman–Crippen LogP) is 4.83. The minimum absolute atomic E-state index is 0.263. The van der Waals surface area contributed by atoms with Crippen molar-refractivity contribution in [1.82, 2.24) is 10.3 Å². The molecule has 0 aliphatic heterocycles. The van der Waals surface area contributed by atoms with Crippen molar-refractivity contribution in [3.05, 3.63) is 99.7 Å². The van der Waals surface area contributed by atoms with Crippen molar-refractivity contribution in [3.63, 3.8) is 0 Å². The fraction of sp³-hybridized carbons (Fsp3) is 0.0741. The van der Waals surface area contributed by atoms with Gasteiger partial charge in [0.15, 0.2) is 0 Å². The molecule has 0 bridgehead atoms. The summed E-state index contributed by atoms with van der Waals surface area (Å²) in [6, 6.07) is 12.8. The van der Waals surface area contributed by atoms with Gasteiger partial charge in [-0.3, -0.25) is 9.78 Å². The number of halogens is 3. The van der Waals surface area contributed by atoms with Crippen LogP contribution < -0.4 is 5.32 Å². The molecule has 1 amide bonds. The molecule has 11 heteroatoms. The molecule has 3 aromatic carbocycles. The molecule has 0 spiro atoms. The van der Waals surface area contributed by atoms with Gasteiger partial charge in [-0.15, -0.1) is 0 Å². The Kier molecular flexibility index (Phi) is 7.32. The number of nitriles is 1. The molecular weight excluding hydrogens is 520 g/mol. The van der Waals surface area contributed by atoms with Gasteiger partial charge >= 0.3 is 11.9 Å². The molecule has 4 aromatic rings. The second-order valence-electron chi connectivity index (χ2n) is 8.17. The summed E-state index contributed by atoms with van der Waals surface area (Å²) < 4.78 is 28.7. The van der Waals surface area contributed by atoms with Crippen LogP contribution in [-0.2, 0) is 11.2 Å². The van der Waals surface area contributed by atoms with Crippen molar-refractivity contribution in [2.45, 2.75) is 12.5 Å². The average molecular weight is 536 g/mol. The van der Waals surface area contributed by atoms with Gasteiger partial charge in [0, 0.05) is 34.2 Å². The Balaban J connectivity index is 1.69. The van der Waals surface area contributed by atoms with Gasteiger partial charge < -0.3 is 15.5 Å². The summed E-state index contributed by atoms with van der Waals surface area (Å²) in [5.74, 6) is -7.29. The number of rotatable bonds is 7. The number of nitrogens with one attached hydrogen (secondary N) is 1. The van der Waals surface area contributed by atoms with Crippen molar-refractivity contribution in [3.8, 4) is 17.2 Å². The molecule has 0 radical (unpaired) electrons. The Morgan fingerprint density at radius 1 is 1.03 bits per heavy atom. The van der Waals surface area contributed by atoms with E-state index in [0.29, 0.717) is 50.3 Å². The number of nitrogens with zero attached hydrogens (tertiary/aromatic N) is 2. The van der Waals surface area contributed by atoms with Crippen molar-refractivity contribution in [2.24, 2.45) is 0 Å². The van der Waals surface area contributed by atoms with Crippen LogP contribution in [0.2, 0.25) is 5.02 Å². The molecule has 0 aliphatic rings. The van der Waals surface area contributed by atoms with Gasteiger partial charge in [0.1, 0.15) is 23.2 Å². The third-order valence-corrected chi connectivity index (χ3v) is 6.10. The second kappa shape index (κ2) is 10.6. The summed E-state index contributed by atoms with van der Waals surface area (Å²) in [5, 5.41) is 30.7. The summed E-state index contributed by atoms with van der Waals surface area (Å²) >= 11 is 6.38. The Hall–Kier alpha value is -4.88. The van der Waals surface area contributed by atoms with Crippen LogP contribution in [-0.4, -0.2) is 39.1 Å². The van der Waals surface area contributed by atoms with E-state index in [0.717, 1.165) is 0 Å². The van der Waals surface area contributed by atoms with E-state index in [9.17, 15) is 28.3 Å². The number of carboxylic acid groups (broad SMARTS) is 2. The number of aromatic carboxylic acids is 1. The average Bonchev–Trinajstić information content (AvgIpc) is 2.88. The zero-order valence-corrected chi connectivity index (χ0v) is 20.0. The lowest BCUT2D eigenvalue weighted by molar-refractivity contribution is -0.139. The molecule has 1 atom stereocenters. The van der Waals surface area contributed by atoms with Gasteiger partial charge in [0.05, 0.1) is 22.7 Å². The number of carbonyl (C=O) groups excluding carboxylic acids is 1. The fourth-order valence-corrected chi connectivity index (χ4v) is 4.28. The maximum Gasteiger partial charge on any atom is 0.335 e. The summed E-state index contributed by atoms with van der Waals surface area (Å²) in [4.78, 5) is 40.0. The maximum absolute atomic E-state index is 14.3. The lowest BCUT2D eigenvalue weighted by atomic mass is 9.94. The Bertz CT molecular complexity index is 1650. The minimum Gasteiger partial charge on any atom is -0.480 e. The quantitative estimate of drug-likeness (QED) is 0.308. The third kappa shape index (κ3) is 5.14.